The highest BCUT2D eigenvalue weighted by Crippen LogP contribution is 2.29. The minimum absolute atomic E-state index is 0.190. The molecule has 0 saturated heterocycles. The number of carbonyl (C=O) groups excluding carboxylic acids is 1. The number of halogens is 3. The molecule has 2 aromatic carbocycles. The number of nitrogen functional groups attached to an aromatic ring is 1. The Morgan fingerprint density at radius 1 is 1.29 bits per heavy atom. The summed E-state index contributed by atoms with van der Waals surface area (Å²) in [7, 11) is 0. The molecular weight excluding hydrogens is 375 g/mol. The summed E-state index contributed by atoms with van der Waals surface area (Å²) in [5.74, 6) is -0.322. The maximum absolute atomic E-state index is 12.3. The van der Waals surface area contributed by atoms with Crippen LogP contribution in [-0.4, -0.2) is 5.91 Å². The molecule has 1 atom stereocenters. The highest BCUT2D eigenvalue weighted by molar-refractivity contribution is 9.10. The predicted octanol–water partition coefficient (Wildman–Crippen LogP) is 4.83. The van der Waals surface area contributed by atoms with E-state index in [0.29, 0.717) is 5.69 Å². The molecule has 0 spiro atoms. The lowest BCUT2D eigenvalue weighted by molar-refractivity contribution is 0.0940. The summed E-state index contributed by atoms with van der Waals surface area (Å²) >= 11 is 15.5. The van der Waals surface area contributed by atoms with Crippen LogP contribution in [0.2, 0.25) is 10.0 Å². The molecule has 1 unspecified atom stereocenters. The van der Waals surface area contributed by atoms with Crippen molar-refractivity contribution in [3.05, 3.63) is 62.0 Å². The SMILES string of the molecule is CC(NC(=O)c1cc(N)cc(Cl)c1Cl)c1ccccc1Br. The maximum Gasteiger partial charge on any atom is 0.253 e. The topological polar surface area (TPSA) is 55.1 Å². The largest absolute Gasteiger partial charge is 0.399 e. The summed E-state index contributed by atoms with van der Waals surface area (Å²) in [5, 5.41) is 3.34. The Kier molecular flexibility index (Phi) is 5.14. The molecule has 0 fully saturated rings. The van der Waals surface area contributed by atoms with Gasteiger partial charge < -0.3 is 11.1 Å². The van der Waals surface area contributed by atoms with Crippen LogP contribution in [0, 0.1) is 0 Å². The monoisotopic (exact) mass is 386 g/mol. The Morgan fingerprint density at radius 2 is 1.95 bits per heavy atom. The Bertz CT molecular complexity index is 691. The second kappa shape index (κ2) is 6.69. The molecular formula is C15H13BrCl2N2O. The first-order valence-corrected chi connectivity index (χ1v) is 7.75. The zero-order valence-corrected chi connectivity index (χ0v) is 14.3. The molecule has 110 valence electrons. The molecule has 0 aliphatic heterocycles. The molecule has 3 N–H and O–H groups in total. The summed E-state index contributed by atoms with van der Waals surface area (Å²) in [5.41, 5.74) is 7.33. The van der Waals surface area contributed by atoms with Gasteiger partial charge in [0.25, 0.3) is 5.91 Å². The van der Waals surface area contributed by atoms with Gasteiger partial charge in [0.05, 0.1) is 21.7 Å². The van der Waals surface area contributed by atoms with Crippen molar-refractivity contribution in [1.82, 2.24) is 5.32 Å². The lowest BCUT2D eigenvalue weighted by atomic mass is 10.1. The third-order valence-electron chi connectivity index (χ3n) is 3.01. The summed E-state index contributed by atoms with van der Waals surface area (Å²) in [4.78, 5) is 12.3. The fraction of sp³-hybridized carbons (Fsp3) is 0.133. The van der Waals surface area contributed by atoms with Crippen LogP contribution in [0.5, 0.6) is 0 Å². The maximum atomic E-state index is 12.3. The van der Waals surface area contributed by atoms with Gasteiger partial charge in [0.15, 0.2) is 0 Å². The lowest BCUT2D eigenvalue weighted by Gasteiger charge is -2.17. The second-order valence-electron chi connectivity index (χ2n) is 4.58. The molecule has 0 bridgehead atoms. The second-order valence-corrected chi connectivity index (χ2v) is 6.22. The highest BCUT2D eigenvalue weighted by Gasteiger charge is 2.17. The number of nitrogens with one attached hydrogen (secondary N) is 1. The predicted molar refractivity (Wildman–Crippen MR) is 90.9 cm³/mol. The van der Waals surface area contributed by atoms with Gasteiger partial charge in [0.2, 0.25) is 0 Å². The van der Waals surface area contributed by atoms with Crippen molar-refractivity contribution < 1.29 is 4.79 Å². The number of anilines is 1. The van der Waals surface area contributed by atoms with Crippen LogP contribution in [0.3, 0.4) is 0 Å². The quantitative estimate of drug-likeness (QED) is 0.741. The van der Waals surface area contributed by atoms with Crippen molar-refractivity contribution in [1.29, 1.82) is 0 Å². The van der Waals surface area contributed by atoms with Crippen molar-refractivity contribution >= 4 is 50.7 Å². The zero-order valence-electron chi connectivity index (χ0n) is 11.2. The number of carbonyl (C=O) groups is 1. The molecule has 0 aliphatic carbocycles. The lowest BCUT2D eigenvalue weighted by Crippen LogP contribution is -2.27. The van der Waals surface area contributed by atoms with E-state index in [9.17, 15) is 4.79 Å². The molecule has 3 nitrogen and oxygen atoms in total. The normalized spacial score (nSPS) is 12.0. The van der Waals surface area contributed by atoms with Crippen molar-refractivity contribution in [2.24, 2.45) is 0 Å². The van der Waals surface area contributed by atoms with Gasteiger partial charge in [-0.25, -0.2) is 0 Å². The highest BCUT2D eigenvalue weighted by atomic mass is 79.9. The number of hydrogen-bond acceptors (Lipinski definition) is 2. The summed E-state index contributed by atoms with van der Waals surface area (Å²) < 4.78 is 0.925. The van der Waals surface area contributed by atoms with Gasteiger partial charge in [-0.05, 0) is 30.7 Å². The number of hydrogen-bond donors (Lipinski definition) is 2. The minimum atomic E-state index is -0.322. The molecule has 0 saturated carbocycles. The molecule has 0 aromatic heterocycles. The molecule has 21 heavy (non-hydrogen) atoms. The minimum Gasteiger partial charge on any atom is -0.399 e. The Balaban J connectivity index is 2.25. The summed E-state index contributed by atoms with van der Waals surface area (Å²) in [6, 6.07) is 10.5. The molecule has 6 heteroatoms. The van der Waals surface area contributed by atoms with Crippen LogP contribution in [0.15, 0.2) is 40.9 Å². The smallest absolute Gasteiger partial charge is 0.253 e. The summed E-state index contributed by atoms with van der Waals surface area (Å²) in [6.07, 6.45) is 0. The Hall–Kier alpha value is -1.23. The van der Waals surface area contributed by atoms with E-state index in [1.54, 1.807) is 0 Å². The fourth-order valence-electron chi connectivity index (χ4n) is 1.95. The van der Waals surface area contributed by atoms with Crippen molar-refractivity contribution in [2.45, 2.75) is 13.0 Å². The van der Waals surface area contributed by atoms with Gasteiger partial charge in [-0.15, -0.1) is 0 Å². The van der Waals surface area contributed by atoms with Gasteiger partial charge in [0, 0.05) is 10.2 Å². The molecule has 2 aromatic rings. The van der Waals surface area contributed by atoms with Crippen LogP contribution in [0.25, 0.3) is 0 Å². The first-order chi connectivity index (χ1) is 9.90. The van der Waals surface area contributed by atoms with E-state index in [2.05, 4.69) is 21.2 Å². The molecule has 2 rings (SSSR count). The van der Waals surface area contributed by atoms with Gasteiger partial charge in [-0.2, -0.15) is 0 Å². The van der Waals surface area contributed by atoms with E-state index in [1.807, 2.05) is 31.2 Å². The van der Waals surface area contributed by atoms with E-state index in [1.165, 1.54) is 12.1 Å². The molecule has 0 aliphatic rings. The van der Waals surface area contributed by atoms with Crippen molar-refractivity contribution in [3.63, 3.8) is 0 Å². The Labute approximate surface area is 141 Å². The van der Waals surface area contributed by atoms with Gasteiger partial charge in [0.1, 0.15) is 0 Å². The standard InChI is InChI=1S/C15H13BrCl2N2O/c1-8(10-4-2-3-5-12(10)16)20-15(21)11-6-9(19)7-13(17)14(11)18/h2-8H,19H2,1H3,(H,20,21). The average molecular weight is 388 g/mol. The van der Waals surface area contributed by atoms with Crippen LogP contribution in [0.4, 0.5) is 5.69 Å². The van der Waals surface area contributed by atoms with Crippen LogP contribution >= 0.6 is 39.1 Å². The van der Waals surface area contributed by atoms with Crippen LogP contribution in [-0.2, 0) is 0 Å². The van der Waals surface area contributed by atoms with Gasteiger partial charge in [-0.1, -0.05) is 57.3 Å². The van der Waals surface area contributed by atoms with Crippen molar-refractivity contribution in [2.75, 3.05) is 5.73 Å². The average Bonchev–Trinajstić information content (AvgIpc) is 2.43. The third kappa shape index (κ3) is 3.70. The number of rotatable bonds is 3. The van der Waals surface area contributed by atoms with E-state index in [0.717, 1.165) is 10.0 Å². The zero-order chi connectivity index (χ0) is 15.6. The van der Waals surface area contributed by atoms with Crippen molar-refractivity contribution in [3.8, 4) is 0 Å². The molecule has 0 heterocycles. The number of benzene rings is 2. The van der Waals surface area contributed by atoms with Gasteiger partial charge in [-0.3, -0.25) is 4.79 Å². The van der Waals surface area contributed by atoms with Crippen LogP contribution in [0.1, 0.15) is 28.9 Å². The van der Waals surface area contributed by atoms with E-state index in [-0.39, 0.29) is 27.6 Å². The Morgan fingerprint density at radius 3 is 2.62 bits per heavy atom. The third-order valence-corrected chi connectivity index (χ3v) is 4.54. The van der Waals surface area contributed by atoms with E-state index < -0.39 is 0 Å². The van der Waals surface area contributed by atoms with E-state index in [4.69, 9.17) is 28.9 Å². The number of nitrogens with two attached hydrogens (primary N) is 1. The summed E-state index contributed by atoms with van der Waals surface area (Å²) in [6.45, 7) is 1.89. The first-order valence-electron chi connectivity index (χ1n) is 6.20. The van der Waals surface area contributed by atoms with Gasteiger partial charge >= 0.3 is 0 Å². The molecule has 0 radical (unpaired) electrons. The fourth-order valence-corrected chi connectivity index (χ4v) is 3.00. The molecule has 1 amide bonds. The van der Waals surface area contributed by atoms with E-state index >= 15 is 0 Å². The number of amides is 1. The first kappa shape index (κ1) is 16.1. The van der Waals surface area contributed by atoms with Crippen LogP contribution < -0.4 is 11.1 Å².